The van der Waals surface area contributed by atoms with Crippen molar-refractivity contribution in [2.24, 2.45) is 0 Å². The molecule has 3 rings (SSSR count). The Labute approximate surface area is 121 Å². The van der Waals surface area contributed by atoms with E-state index < -0.39 is 0 Å². The standard InChI is InChI=1S/C16H16N2OS/c1-2-11-7-8-20-14(11)10-17-15-9-12-5-3-4-6-13(12)16(19)18-15/h3-9H,2,10H2,1H3,(H2,17,18,19). The summed E-state index contributed by atoms with van der Waals surface area (Å²) in [7, 11) is 0. The average molecular weight is 284 g/mol. The van der Waals surface area contributed by atoms with Crippen LogP contribution in [-0.2, 0) is 13.0 Å². The number of benzene rings is 1. The molecule has 20 heavy (non-hydrogen) atoms. The second kappa shape index (κ2) is 5.51. The summed E-state index contributed by atoms with van der Waals surface area (Å²) in [5.41, 5.74) is 1.32. The molecule has 4 heteroatoms. The molecule has 0 spiro atoms. The lowest BCUT2D eigenvalue weighted by molar-refractivity contribution is 1.06. The van der Waals surface area contributed by atoms with E-state index in [0.29, 0.717) is 0 Å². The molecule has 0 saturated heterocycles. The number of aromatic nitrogens is 1. The largest absolute Gasteiger partial charge is 0.367 e. The Morgan fingerprint density at radius 2 is 2.10 bits per heavy atom. The first-order chi connectivity index (χ1) is 9.78. The number of thiophene rings is 1. The molecule has 2 N–H and O–H groups in total. The van der Waals surface area contributed by atoms with E-state index in [4.69, 9.17) is 0 Å². The van der Waals surface area contributed by atoms with Gasteiger partial charge in [0.2, 0.25) is 0 Å². The number of hydrogen-bond acceptors (Lipinski definition) is 3. The quantitative estimate of drug-likeness (QED) is 0.766. The van der Waals surface area contributed by atoms with Crippen LogP contribution in [0.2, 0.25) is 0 Å². The first-order valence-electron chi connectivity index (χ1n) is 6.69. The van der Waals surface area contributed by atoms with E-state index >= 15 is 0 Å². The molecule has 0 saturated carbocycles. The Hall–Kier alpha value is -2.07. The lowest BCUT2D eigenvalue weighted by Gasteiger charge is -2.07. The van der Waals surface area contributed by atoms with Crippen LogP contribution in [0.5, 0.6) is 0 Å². The summed E-state index contributed by atoms with van der Waals surface area (Å²) in [6, 6.07) is 11.8. The fourth-order valence-electron chi connectivity index (χ4n) is 2.32. The van der Waals surface area contributed by atoms with Crippen molar-refractivity contribution >= 4 is 27.9 Å². The first kappa shape index (κ1) is 12.9. The number of pyridine rings is 1. The van der Waals surface area contributed by atoms with Crippen LogP contribution < -0.4 is 10.9 Å². The second-order valence-corrected chi connectivity index (χ2v) is 5.68. The molecule has 0 aliphatic carbocycles. The van der Waals surface area contributed by atoms with Gasteiger partial charge in [0, 0.05) is 10.3 Å². The van der Waals surface area contributed by atoms with Crippen LogP contribution >= 0.6 is 11.3 Å². The molecule has 3 nitrogen and oxygen atoms in total. The van der Waals surface area contributed by atoms with Gasteiger partial charge in [-0.2, -0.15) is 0 Å². The minimum Gasteiger partial charge on any atom is -0.367 e. The van der Waals surface area contributed by atoms with Crippen molar-refractivity contribution in [1.82, 2.24) is 4.98 Å². The Morgan fingerprint density at radius 1 is 1.25 bits per heavy atom. The minimum absolute atomic E-state index is 0.0486. The van der Waals surface area contributed by atoms with Gasteiger partial charge in [-0.05, 0) is 40.9 Å². The van der Waals surface area contributed by atoms with Gasteiger partial charge < -0.3 is 10.3 Å². The third-order valence-corrected chi connectivity index (χ3v) is 4.37. The van der Waals surface area contributed by atoms with Crippen molar-refractivity contribution in [3.05, 3.63) is 62.6 Å². The number of H-pyrrole nitrogens is 1. The Morgan fingerprint density at radius 3 is 2.95 bits per heavy atom. The number of anilines is 1. The molecule has 0 atom stereocenters. The summed E-state index contributed by atoms with van der Waals surface area (Å²) >= 11 is 1.75. The molecule has 2 heterocycles. The number of rotatable bonds is 4. The number of nitrogens with one attached hydrogen (secondary N) is 2. The molecular formula is C16H16N2OS. The van der Waals surface area contributed by atoms with Crippen LogP contribution in [0.4, 0.5) is 5.82 Å². The smallest absolute Gasteiger partial charge is 0.257 e. The van der Waals surface area contributed by atoms with Crippen LogP contribution in [0.1, 0.15) is 17.4 Å². The van der Waals surface area contributed by atoms with Gasteiger partial charge in [0.1, 0.15) is 5.82 Å². The van der Waals surface area contributed by atoms with Crippen molar-refractivity contribution in [3.63, 3.8) is 0 Å². The summed E-state index contributed by atoms with van der Waals surface area (Å²) < 4.78 is 0. The molecular weight excluding hydrogens is 268 g/mol. The monoisotopic (exact) mass is 284 g/mol. The van der Waals surface area contributed by atoms with Crippen LogP contribution in [0, 0.1) is 0 Å². The molecule has 3 aromatic rings. The topological polar surface area (TPSA) is 44.9 Å². The number of hydrogen-bond donors (Lipinski definition) is 2. The van der Waals surface area contributed by atoms with Gasteiger partial charge in [-0.1, -0.05) is 25.1 Å². The van der Waals surface area contributed by atoms with Gasteiger partial charge in [0.15, 0.2) is 0 Å². The van der Waals surface area contributed by atoms with E-state index in [1.54, 1.807) is 11.3 Å². The lowest BCUT2D eigenvalue weighted by atomic mass is 10.2. The van der Waals surface area contributed by atoms with Crippen LogP contribution in [0.15, 0.2) is 46.6 Å². The normalized spacial score (nSPS) is 10.8. The highest BCUT2D eigenvalue weighted by Crippen LogP contribution is 2.19. The van der Waals surface area contributed by atoms with Gasteiger partial charge in [-0.15, -0.1) is 11.3 Å². The minimum atomic E-state index is -0.0486. The summed E-state index contributed by atoms with van der Waals surface area (Å²) in [4.78, 5) is 16.2. The van der Waals surface area contributed by atoms with Crippen molar-refractivity contribution in [2.45, 2.75) is 19.9 Å². The molecule has 0 radical (unpaired) electrons. The van der Waals surface area contributed by atoms with E-state index in [1.807, 2.05) is 30.3 Å². The molecule has 2 aromatic heterocycles. The summed E-state index contributed by atoms with van der Waals surface area (Å²) in [5.74, 6) is 0.768. The van der Waals surface area contributed by atoms with Crippen molar-refractivity contribution < 1.29 is 0 Å². The molecule has 102 valence electrons. The van der Waals surface area contributed by atoms with Crippen molar-refractivity contribution in [3.8, 4) is 0 Å². The second-order valence-electron chi connectivity index (χ2n) is 4.68. The molecule has 0 unspecified atom stereocenters. The fourth-order valence-corrected chi connectivity index (χ4v) is 3.23. The van der Waals surface area contributed by atoms with Gasteiger partial charge in [-0.3, -0.25) is 4.79 Å². The average Bonchev–Trinajstić information content (AvgIpc) is 2.93. The predicted octanol–water partition coefficient (Wildman–Crippen LogP) is 3.76. The Kier molecular flexibility index (Phi) is 3.56. The van der Waals surface area contributed by atoms with Gasteiger partial charge in [0.25, 0.3) is 5.56 Å². The molecule has 0 amide bonds. The van der Waals surface area contributed by atoms with E-state index in [2.05, 4.69) is 28.7 Å². The van der Waals surface area contributed by atoms with Crippen molar-refractivity contribution in [1.29, 1.82) is 0 Å². The van der Waals surface area contributed by atoms with Crippen LogP contribution in [0.3, 0.4) is 0 Å². The molecule has 0 aliphatic rings. The first-order valence-corrected chi connectivity index (χ1v) is 7.57. The van der Waals surface area contributed by atoms with Crippen molar-refractivity contribution in [2.75, 3.05) is 5.32 Å². The highest BCUT2D eigenvalue weighted by atomic mass is 32.1. The van der Waals surface area contributed by atoms with Gasteiger partial charge in [0.05, 0.1) is 6.54 Å². The predicted molar refractivity (Wildman–Crippen MR) is 85.6 cm³/mol. The maximum absolute atomic E-state index is 12.0. The van der Waals surface area contributed by atoms with Gasteiger partial charge in [-0.25, -0.2) is 0 Å². The van der Waals surface area contributed by atoms with E-state index in [9.17, 15) is 4.79 Å². The Balaban J connectivity index is 1.86. The van der Waals surface area contributed by atoms with Crippen LogP contribution in [0.25, 0.3) is 10.8 Å². The third kappa shape index (κ3) is 2.47. The summed E-state index contributed by atoms with van der Waals surface area (Å²) in [5, 5.41) is 7.10. The zero-order valence-corrected chi connectivity index (χ0v) is 12.1. The number of aryl methyl sites for hydroxylation is 1. The number of aromatic amines is 1. The van der Waals surface area contributed by atoms with Gasteiger partial charge >= 0.3 is 0 Å². The third-order valence-electron chi connectivity index (χ3n) is 3.41. The lowest BCUT2D eigenvalue weighted by Crippen LogP contribution is -2.10. The summed E-state index contributed by atoms with van der Waals surface area (Å²) in [6.07, 6.45) is 1.04. The van der Waals surface area contributed by atoms with E-state index in [-0.39, 0.29) is 5.56 Å². The highest BCUT2D eigenvalue weighted by molar-refractivity contribution is 7.10. The zero-order chi connectivity index (χ0) is 13.9. The number of fused-ring (bicyclic) bond motifs is 1. The maximum Gasteiger partial charge on any atom is 0.257 e. The van der Waals surface area contributed by atoms with Crippen LogP contribution in [-0.4, -0.2) is 4.98 Å². The van der Waals surface area contributed by atoms with E-state index in [0.717, 1.165) is 29.6 Å². The van der Waals surface area contributed by atoms with E-state index in [1.165, 1.54) is 10.4 Å². The molecule has 1 aromatic carbocycles. The fraction of sp³-hybridized carbons (Fsp3) is 0.188. The SMILES string of the molecule is CCc1ccsc1CNc1cc2ccccc2c(=O)[nH]1. The summed E-state index contributed by atoms with van der Waals surface area (Å²) in [6.45, 7) is 2.90. The zero-order valence-electron chi connectivity index (χ0n) is 11.3. The Bertz CT molecular complexity index is 788. The molecule has 0 aliphatic heterocycles. The highest BCUT2D eigenvalue weighted by Gasteiger charge is 2.04. The maximum atomic E-state index is 12.0. The molecule has 0 bridgehead atoms. The molecule has 0 fully saturated rings.